The Morgan fingerprint density at radius 1 is 1.41 bits per heavy atom. The molecule has 1 aliphatic rings. The molecule has 0 heterocycles. The van der Waals surface area contributed by atoms with Crippen molar-refractivity contribution in [3.63, 3.8) is 0 Å². The van der Waals surface area contributed by atoms with Crippen molar-refractivity contribution >= 4 is 5.96 Å². The number of nitrogens with two attached hydrogens (primary N) is 1. The van der Waals surface area contributed by atoms with Crippen LogP contribution >= 0.6 is 0 Å². The summed E-state index contributed by atoms with van der Waals surface area (Å²) in [6.45, 7) is 3.71. The molecule has 0 radical (unpaired) electrons. The highest BCUT2D eigenvalue weighted by Crippen LogP contribution is 2.28. The van der Waals surface area contributed by atoms with Gasteiger partial charge in [0.25, 0.3) is 0 Å². The van der Waals surface area contributed by atoms with Crippen molar-refractivity contribution < 1.29 is 9.47 Å². The molecule has 1 rings (SSSR count). The fourth-order valence-electron chi connectivity index (χ4n) is 1.33. The maximum Gasteiger partial charge on any atom is 0.205 e. The fraction of sp³-hybridized carbons (Fsp3) is 0.909. The smallest absolute Gasteiger partial charge is 0.205 e. The molecule has 0 bridgehead atoms. The summed E-state index contributed by atoms with van der Waals surface area (Å²) in [6, 6.07) is 0. The number of rotatable bonds is 9. The molecule has 1 fully saturated rings. The predicted octanol–water partition coefficient (Wildman–Crippen LogP) is -0.142. The number of hydrazine groups is 1. The summed E-state index contributed by atoms with van der Waals surface area (Å²) in [6.07, 6.45) is 3.54. The number of methoxy groups -OCH3 is 1. The Morgan fingerprint density at radius 2 is 2.24 bits per heavy atom. The maximum atomic E-state index is 5.49. The molecule has 6 nitrogen and oxygen atoms in total. The topological polar surface area (TPSA) is 80.9 Å². The Hall–Kier alpha value is -0.850. The van der Waals surface area contributed by atoms with Gasteiger partial charge in [-0.2, -0.15) is 0 Å². The summed E-state index contributed by atoms with van der Waals surface area (Å²) >= 11 is 0. The highest BCUT2D eigenvalue weighted by atomic mass is 16.5. The molecule has 1 aliphatic carbocycles. The van der Waals surface area contributed by atoms with Crippen LogP contribution in [-0.4, -0.2) is 46.0 Å². The van der Waals surface area contributed by atoms with Gasteiger partial charge in [-0.1, -0.05) is 0 Å². The number of ether oxygens (including phenoxy) is 2. The van der Waals surface area contributed by atoms with Gasteiger partial charge in [0, 0.05) is 33.4 Å². The van der Waals surface area contributed by atoms with Gasteiger partial charge in [0.15, 0.2) is 0 Å². The lowest BCUT2D eigenvalue weighted by atomic mass is 10.5. The Kier molecular flexibility index (Phi) is 7.70. The monoisotopic (exact) mass is 244 g/mol. The quantitative estimate of drug-likeness (QED) is 0.173. The predicted molar refractivity (Wildman–Crippen MR) is 67.7 cm³/mol. The van der Waals surface area contributed by atoms with Crippen LogP contribution < -0.4 is 16.6 Å². The minimum Gasteiger partial charge on any atom is -0.385 e. The zero-order chi connectivity index (χ0) is 12.3. The Balaban J connectivity index is 1.95. The molecule has 0 atom stereocenters. The number of guanidine groups is 1. The van der Waals surface area contributed by atoms with Gasteiger partial charge in [0.05, 0.1) is 6.61 Å². The van der Waals surface area contributed by atoms with Gasteiger partial charge >= 0.3 is 0 Å². The third-order valence-electron chi connectivity index (χ3n) is 2.50. The first-order valence-corrected chi connectivity index (χ1v) is 6.18. The van der Waals surface area contributed by atoms with E-state index in [4.69, 9.17) is 15.3 Å². The zero-order valence-electron chi connectivity index (χ0n) is 10.6. The number of hydrogen-bond donors (Lipinski definition) is 3. The lowest BCUT2D eigenvalue weighted by Crippen LogP contribution is -2.43. The fourth-order valence-corrected chi connectivity index (χ4v) is 1.33. The molecule has 0 aromatic rings. The number of nitrogens with zero attached hydrogens (tertiary/aromatic N) is 1. The molecule has 0 spiro atoms. The van der Waals surface area contributed by atoms with Gasteiger partial charge in [0.2, 0.25) is 5.96 Å². The largest absolute Gasteiger partial charge is 0.385 e. The van der Waals surface area contributed by atoms with Gasteiger partial charge in [-0.15, -0.1) is 0 Å². The van der Waals surface area contributed by atoms with E-state index in [0.717, 1.165) is 25.5 Å². The molecule has 0 aliphatic heterocycles. The van der Waals surface area contributed by atoms with Crippen molar-refractivity contribution in [2.45, 2.75) is 19.3 Å². The van der Waals surface area contributed by atoms with E-state index in [2.05, 4.69) is 15.7 Å². The molecule has 6 heteroatoms. The van der Waals surface area contributed by atoms with E-state index >= 15 is 0 Å². The summed E-state index contributed by atoms with van der Waals surface area (Å²) in [5.74, 6) is 6.76. The Morgan fingerprint density at radius 3 is 2.88 bits per heavy atom. The van der Waals surface area contributed by atoms with Crippen LogP contribution in [0.4, 0.5) is 0 Å². The second-order valence-corrected chi connectivity index (χ2v) is 4.17. The molecule has 1 saturated carbocycles. The summed E-state index contributed by atoms with van der Waals surface area (Å²) in [4.78, 5) is 4.26. The molecule has 0 saturated heterocycles. The van der Waals surface area contributed by atoms with Gasteiger partial charge in [-0.25, -0.2) is 5.84 Å². The van der Waals surface area contributed by atoms with E-state index in [1.54, 1.807) is 7.11 Å². The molecule has 0 aromatic heterocycles. The van der Waals surface area contributed by atoms with Gasteiger partial charge in [-0.3, -0.25) is 10.4 Å². The lowest BCUT2D eigenvalue weighted by Gasteiger charge is -2.09. The van der Waals surface area contributed by atoms with Crippen LogP contribution in [0, 0.1) is 5.92 Å². The molecular formula is C11H24N4O2. The number of nitrogens with one attached hydrogen (secondary N) is 2. The third kappa shape index (κ3) is 7.95. The van der Waals surface area contributed by atoms with Crippen molar-refractivity contribution in [1.29, 1.82) is 0 Å². The highest BCUT2D eigenvalue weighted by Gasteiger charge is 2.20. The van der Waals surface area contributed by atoms with E-state index < -0.39 is 0 Å². The Labute approximate surface area is 103 Å². The van der Waals surface area contributed by atoms with Gasteiger partial charge in [0.1, 0.15) is 0 Å². The zero-order valence-corrected chi connectivity index (χ0v) is 10.6. The minimum absolute atomic E-state index is 0.608. The molecule has 0 amide bonds. The van der Waals surface area contributed by atoms with E-state index in [9.17, 15) is 0 Å². The first kappa shape index (κ1) is 14.2. The summed E-state index contributed by atoms with van der Waals surface area (Å²) < 4.78 is 10.4. The summed E-state index contributed by atoms with van der Waals surface area (Å²) in [5.41, 5.74) is 2.53. The second-order valence-electron chi connectivity index (χ2n) is 4.17. The molecular weight excluding hydrogens is 220 g/mol. The van der Waals surface area contributed by atoms with Gasteiger partial charge < -0.3 is 14.8 Å². The minimum atomic E-state index is 0.608. The molecule has 17 heavy (non-hydrogen) atoms. The maximum absolute atomic E-state index is 5.49. The molecule has 0 unspecified atom stereocenters. The van der Waals surface area contributed by atoms with E-state index in [-0.39, 0.29) is 0 Å². The SMILES string of the molecule is COCCCN=C(NN)NCCOCC1CC1. The van der Waals surface area contributed by atoms with Crippen LogP contribution in [0.5, 0.6) is 0 Å². The Bertz CT molecular complexity index is 220. The van der Waals surface area contributed by atoms with Gasteiger partial charge in [-0.05, 0) is 25.2 Å². The normalized spacial score (nSPS) is 16.0. The highest BCUT2D eigenvalue weighted by molar-refractivity contribution is 5.79. The van der Waals surface area contributed by atoms with Crippen molar-refractivity contribution in [3.8, 4) is 0 Å². The van der Waals surface area contributed by atoms with Crippen LogP contribution in [0.3, 0.4) is 0 Å². The van der Waals surface area contributed by atoms with Crippen LogP contribution in [-0.2, 0) is 9.47 Å². The molecule has 4 N–H and O–H groups in total. The molecule has 0 aromatic carbocycles. The average molecular weight is 244 g/mol. The van der Waals surface area contributed by atoms with E-state index in [1.807, 2.05) is 0 Å². The van der Waals surface area contributed by atoms with Crippen molar-refractivity contribution in [2.75, 3.05) is 40.0 Å². The molecule has 100 valence electrons. The van der Waals surface area contributed by atoms with Crippen LogP contribution in [0.2, 0.25) is 0 Å². The van der Waals surface area contributed by atoms with Crippen LogP contribution in [0.25, 0.3) is 0 Å². The van der Waals surface area contributed by atoms with Crippen molar-refractivity contribution in [1.82, 2.24) is 10.7 Å². The van der Waals surface area contributed by atoms with E-state index in [0.29, 0.717) is 25.7 Å². The van der Waals surface area contributed by atoms with Crippen molar-refractivity contribution in [3.05, 3.63) is 0 Å². The first-order valence-electron chi connectivity index (χ1n) is 6.18. The van der Waals surface area contributed by atoms with Crippen LogP contribution in [0.1, 0.15) is 19.3 Å². The third-order valence-corrected chi connectivity index (χ3v) is 2.50. The summed E-state index contributed by atoms with van der Waals surface area (Å²) in [5, 5.41) is 3.09. The van der Waals surface area contributed by atoms with Crippen LogP contribution in [0.15, 0.2) is 4.99 Å². The van der Waals surface area contributed by atoms with E-state index in [1.165, 1.54) is 12.8 Å². The standard InChI is InChI=1S/C11H24N4O2/c1-16-7-2-5-13-11(15-12)14-6-8-17-9-10-3-4-10/h10H,2-9,12H2,1H3,(H2,13,14,15). The number of hydrogen-bond acceptors (Lipinski definition) is 4. The van der Waals surface area contributed by atoms with Crippen molar-refractivity contribution in [2.24, 2.45) is 16.8 Å². The lowest BCUT2D eigenvalue weighted by molar-refractivity contribution is 0.129. The second kappa shape index (κ2) is 9.21. The number of aliphatic imine (C=N–C) groups is 1. The average Bonchev–Trinajstić information content (AvgIpc) is 3.15. The first-order chi connectivity index (χ1) is 8.36. The summed E-state index contributed by atoms with van der Waals surface area (Å²) in [7, 11) is 1.68.